The van der Waals surface area contributed by atoms with Crippen LogP contribution in [-0.4, -0.2) is 47.4 Å². The smallest absolute Gasteiger partial charge is 0.255 e. The number of ether oxygens (including phenoxy) is 3. The van der Waals surface area contributed by atoms with Crippen molar-refractivity contribution in [1.29, 1.82) is 0 Å². The number of methoxy groups -OCH3 is 3. The van der Waals surface area contributed by atoms with E-state index in [2.05, 4.69) is 26.2 Å². The highest BCUT2D eigenvalue weighted by molar-refractivity contribution is 6.06. The van der Waals surface area contributed by atoms with Crippen LogP contribution in [0.2, 0.25) is 0 Å². The van der Waals surface area contributed by atoms with Crippen LogP contribution in [0.15, 0.2) is 53.7 Å². The highest BCUT2D eigenvalue weighted by Gasteiger charge is 2.35. The Kier molecular flexibility index (Phi) is 5.44. The Morgan fingerprint density at radius 3 is 2.58 bits per heavy atom. The largest absolute Gasteiger partial charge is 0.497 e. The molecule has 0 radical (unpaired) electrons. The average molecular weight is 422 g/mol. The van der Waals surface area contributed by atoms with E-state index in [1.165, 1.54) is 7.11 Å². The fourth-order valence-corrected chi connectivity index (χ4v) is 3.59. The molecule has 0 aliphatic carbocycles. The molecule has 1 atom stereocenters. The summed E-state index contributed by atoms with van der Waals surface area (Å²) in [5.41, 5.74) is 2.29. The Bertz CT molecular complexity index is 1160. The normalized spacial score (nSPS) is 15.0. The summed E-state index contributed by atoms with van der Waals surface area (Å²) in [7, 11) is 4.68. The van der Waals surface area contributed by atoms with Crippen LogP contribution < -0.4 is 24.8 Å². The molecular weight excluding hydrogens is 400 g/mol. The fraction of sp³-hybridized carbons (Fsp3) is 0.238. The Labute approximate surface area is 178 Å². The summed E-state index contributed by atoms with van der Waals surface area (Å²) >= 11 is 0. The SMILES string of the molecule is COc1ccc(OC)c(NC(=O)C2=C(C)Nc3nnnn3[C@H]2c2ccccc2OC)c1. The number of para-hydroxylation sites is 1. The zero-order valence-corrected chi connectivity index (χ0v) is 17.5. The van der Waals surface area contributed by atoms with E-state index in [0.717, 1.165) is 5.56 Å². The van der Waals surface area contributed by atoms with Crippen LogP contribution in [0, 0.1) is 0 Å². The quantitative estimate of drug-likeness (QED) is 0.623. The zero-order valence-electron chi connectivity index (χ0n) is 17.5. The van der Waals surface area contributed by atoms with E-state index in [-0.39, 0.29) is 5.91 Å². The number of hydrogen-bond acceptors (Lipinski definition) is 8. The third-order valence-corrected chi connectivity index (χ3v) is 5.05. The van der Waals surface area contributed by atoms with Gasteiger partial charge in [0.2, 0.25) is 5.95 Å². The fourth-order valence-electron chi connectivity index (χ4n) is 3.59. The first-order valence-electron chi connectivity index (χ1n) is 9.49. The summed E-state index contributed by atoms with van der Waals surface area (Å²) in [5.74, 6) is 1.81. The Morgan fingerprint density at radius 1 is 1.06 bits per heavy atom. The van der Waals surface area contributed by atoms with Crippen LogP contribution in [0.25, 0.3) is 0 Å². The summed E-state index contributed by atoms with van der Waals surface area (Å²) < 4.78 is 17.8. The maximum Gasteiger partial charge on any atom is 0.255 e. The minimum absolute atomic E-state index is 0.339. The molecule has 10 heteroatoms. The van der Waals surface area contributed by atoms with Crippen LogP contribution in [0.4, 0.5) is 11.6 Å². The van der Waals surface area contributed by atoms with Crippen molar-refractivity contribution in [2.24, 2.45) is 0 Å². The van der Waals surface area contributed by atoms with E-state index >= 15 is 0 Å². The van der Waals surface area contributed by atoms with Crippen molar-refractivity contribution in [3.8, 4) is 17.2 Å². The number of carbonyl (C=O) groups is 1. The number of nitrogens with one attached hydrogen (secondary N) is 2. The standard InChI is InChI=1S/C21H22N6O4/c1-12-18(20(28)23-15-11-13(29-2)9-10-17(15)31-4)19(27-21(22-12)24-25-26-27)14-7-5-6-8-16(14)30-3/h5-11,19H,1-4H3,(H,23,28)(H,22,24,26)/t19-/m0/s1. The lowest BCUT2D eigenvalue weighted by Crippen LogP contribution is -2.31. The van der Waals surface area contributed by atoms with Gasteiger partial charge in [0.05, 0.1) is 32.6 Å². The Hall–Kier alpha value is -4.08. The van der Waals surface area contributed by atoms with Gasteiger partial charge in [-0.15, -0.1) is 0 Å². The number of fused-ring (bicyclic) bond motifs is 1. The molecule has 2 aromatic carbocycles. The number of rotatable bonds is 6. The molecule has 0 saturated heterocycles. The highest BCUT2D eigenvalue weighted by atomic mass is 16.5. The molecule has 1 amide bonds. The number of aromatic nitrogens is 4. The molecule has 160 valence electrons. The lowest BCUT2D eigenvalue weighted by molar-refractivity contribution is -0.113. The van der Waals surface area contributed by atoms with Crippen molar-refractivity contribution in [3.63, 3.8) is 0 Å². The summed E-state index contributed by atoms with van der Waals surface area (Å²) in [5, 5.41) is 17.9. The van der Waals surface area contributed by atoms with Crippen molar-refractivity contribution in [1.82, 2.24) is 20.2 Å². The molecule has 2 heterocycles. The maximum atomic E-state index is 13.5. The topological polar surface area (TPSA) is 112 Å². The van der Waals surface area contributed by atoms with E-state index in [1.807, 2.05) is 24.3 Å². The van der Waals surface area contributed by atoms with Gasteiger partial charge < -0.3 is 24.8 Å². The summed E-state index contributed by atoms with van der Waals surface area (Å²) in [6.45, 7) is 1.80. The first-order chi connectivity index (χ1) is 15.1. The van der Waals surface area contributed by atoms with Crippen molar-refractivity contribution >= 4 is 17.5 Å². The molecule has 0 fully saturated rings. The second-order valence-corrected chi connectivity index (χ2v) is 6.78. The lowest BCUT2D eigenvalue weighted by atomic mass is 9.94. The number of tetrazole rings is 1. The second-order valence-electron chi connectivity index (χ2n) is 6.78. The van der Waals surface area contributed by atoms with Crippen LogP contribution in [0.5, 0.6) is 17.2 Å². The molecule has 3 aromatic rings. The number of benzene rings is 2. The van der Waals surface area contributed by atoms with E-state index in [4.69, 9.17) is 14.2 Å². The maximum absolute atomic E-state index is 13.5. The number of nitrogens with zero attached hydrogens (tertiary/aromatic N) is 4. The third-order valence-electron chi connectivity index (χ3n) is 5.05. The number of hydrogen-bond donors (Lipinski definition) is 2. The van der Waals surface area contributed by atoms with Gasteiger partial charge in [0, 0.05) is 17.3 Å². The molecule has 31 heavy (non-hydrogen) atoms. The molecule has 1 aromatic heterocycles. The minimum Gasteiger partial charge on any atom is -0.497 e. The van der Waals surface area contributed by atoms with E-state index in [1.54, 1.807) is 44.0 Å². The zero-order chi connectivity index (χ0) is 22.0. The summed E-state index contributed by atoms with van der Waals surface area (Å²) in [6.07, 6.45) is 0. The van der Waals surface area contributed by atoms with Gasteiger partial charge in [-0.3, -0.25) is 4.79 Å². The summed E-state index contributed by atoms with van der Waals surface area (Å²) in [4.78, 5) is 13.5. The second kappa shape index (κ2) is 8.34. The average Bonchev–Trinajstić information content (AvgIpc) is 3.25. The van der Waals surface area contributed by atoms with Gasteiger partial charge in [-0.2, -0.15) is 4.68 Å². The van der Waals surface area contributed by atoms with Crippen molar-refractivity contribution in [2.45, 2.75) is 13.0 Å². The van der Waals surface area contributed by atoms with Gasteiger partial charge in [0.1, 0.15) is 23.3 Å². The van der Waals surface area contributed by atoms with Crippen LogP contribution in [0.1, 0.15) is 18.5 Å². The molecule has 1 aliphatic rings. The van der Waals surface area contributed by atoms with Crippen molar-refractivity contribution in [3.05, 3.63) is 59.3 Å². The molecular formula is C21H22N6O4. The molecule has 2 N–H and O–H groups in total. The first-order valence-corrected chi connectivity index (χ1v) is 9.49. The number of carbonyl (C=O) groups excluding carboxylic acids is 1. The first kappa shape index (κ1) is 20.2. The third kappa shape index (κ3) is 3.63. The molecule has 0 spiro atoms. The molecule has 0 bridgehead atoms. The van der Waals surface area contributed by atoms with Gasteiger partial charge >= 0.3 is 0 Å². The van der Waals surface area contributed by atoms with Crippen LogP contribution >= 0.6 is 0 Å². The van der Waals surface area contributed by atoms with E-state index < -0.39 is 6.04 Å². The van der Waals surface area contributed by atoms with Crippen molar-refractivity contribution in [2.75, 3.05) is 32.0 Å². The summed E-state index contributed by atoms with van der Waals surface area (Å²) in [6, 6.07) is 12.0. The minimum atomic E-state index is -0.598. The van der Waals surface area contributed by atoms with Gasteiger partial charge in [0.15, 0.2) is 0 Å². The van der Waals surface area contributed by atoms with Crippen LogP contribution in [-0.2, 0) is 4.79 Å². The monoisotopic (exact) mass is 422 g/mol. The predicted octanol–water partition coefficient (Wildman–Crippen LogP) is 2.63. The van der Waals surface area contributed by atoms with Crippen LogP contribution in [0.3, 0.4) is 0 Å². The Balaban J connectivity index is 1.79. The van der Waals surface area contributed by atoms with Gasteiger partial charge in [0.25, 0.3) is 5.91 Å². The molecule has 10 nitrogen and oxygen atoms in total. The van der Waals surface area contributed by atoms with E-state index in [9.17, 15) is 4.79 Å². The van der Waals surface area contributed by atoms with Gasteiger partial charge in [-0.1, -0.05) is 23.3 Å². The number of anilines is 2. The number of allylic oxidation sites excluding steroid dienone is 1. The molecule has 4 rings (SSSR count). The molecule has 0 unspecified atom stereocenters. The van der Waals surface area contributed by atoms with E-state index in [0.29, 0.717) is 40.2 Å². The Morgan fingerprint density at radius 2 is 1.84 bits per heavy atom. The van der Waals surface area contributed by atoms with Gasteiger partial charge in [-0.25, -0.2) is 0 Å². The van der Waals surface area contributed by atoms with Gasteiger partial charge in [-0.05, 0) is 35.5 Å². The highest BCUT2D eigenvalue weighted by Crippen LogP contribution is 2.39. The predicted molar refractivity (Wildman–Crippen MR) is 113 cm³/mol. The van der Waals surface area contributed by atoms with Crippen molar-refractivity contribution < 1.29 is 19.0 Å². The number of amides is 1. The lowest BCUT2D eigenvalue weighted by Gasteiger charge is -2.29. The molecule has 1 aliphatic heterocycles. The molecule has 0 saturated carbocycles.